The molecule has 0 aliphatic carbocycles. The molecule has 5 N–H and O–H groups in total. The molecule has 2 heterocycles. The van der Waals surface area contributed by atoms with E-state index in [9.17, 15) is 0 Å². The number of aliphatic imine (C=N–C) groups is 2. The monoisotopic (exact) mass is 335 g/mol. The Kier molecular flexibility index (Phi) is 4.37. The van der Waals surface area contributed by atoms with Gasteiger partial charge in [-0.3, -0.25) is 9.98 Å². The Morgan fingerprint density at radius 2 is 1.16 bits per heavy atom. The summed E-state index contributed by atoms with van der Waals surface area (Å²) in [6.07, 6.45) is 0. The molecule has 2 aromatic carbocycles. The lowest BCUT2D eigenvalue weighted by Gasteiger charge is -2.11. The van der Waals surface area contributed by atoms with Gasteiger partial charge in [-0.05, 0) is 42.5 Å². The smallest absolute Gasteiger partial charge is 0.195 e. The van der Waals surface area contributed by atoms with Gasteiger partial charge in [0.05, 0.1) is 13.1 Å². The van der Waals surface area contributed by atoms with Crippen molar-refractivity contribution in [2.75, 3.05) is 42.1 Å². The minimum absolute atomic E-state index is 0.822. The molecule has 0 radical (unpaired) electrons. The van der Waals surface area contributed by atoms with Gasteiger partial charge in [-0.1, -0.05) is 6.07 Å². The zero-order valence-corrected chi connectivity index (χ0v) is 13.8. The number of nitrogens with one attached hydrogen (secondary N) is 5. The summed E-state index contributed by atoms with van der Waals surface area (Å²) in [7, 11) is 0. The van der Waals surface area contributed by atoms with Gasteiger partial charge in [0.25, 0.3) is 0 Å². The zero-order valence-electron chi connectivity index (χ0n) is 13.8. The zero-order chi connectivity index (χ0) is 16.9. The van der Waals surface area contributed by atoms with Gasteiger partial charge in [0.2, 0.25) is 0 Å². The molecule has 0 bridgehead atoms. The first-order valence-corrected chi connectivity index (χ1v) is 8.43. The van der Waals surface area contributed by atoms with E-state index in [1.165, 1.54) is 0 Å². The van der Waals surface area contributed by atoms with Crippen LogP contribution in [0.15, 0.2) is 58.5 Å². The van der Waals surface area contributed by atoms with Crippen molar-refractivity contribution in [3.63, 3.8) is 0 Å². The molecule has 25 heavy (non-hydrogen) atoms. The van der Waals surface area contributed by atoms with E-state index in [2.05, 4.69) is 42.6 Å². The molecule has 0 aromatic heterocycles. The number of hydrogen-bond acceptors (Lipinski definition) is 7. The molecule has 128 valence electrons. The van der Waals surface area contributed by atoms with Crippen molar-refractivity contribution in [1.29, 1.82) is 0 Å². The van der Waals surface area contributed by atoms with E-state index in [-0.39, 0.29) is 0 Å². The molecule has 0 fully saturated rings. The number of hydrogen-bond donors (Lipinski definition) is 5. The van der Waals surface area contributed by atoms with Crippen molar-refractivity contribution >= 4 is 34.7 Å². The normalized spacial score (nSPS) is 15.7. The Morgan fingerprint density at radius 3 is 1.72 bits per heavy atom. The highest BCUT2D eigenvalue weighted by Crippen LogP contribution is 2.21. The predicted molar refractivity (Wildman–Crippen MR) is 104 cm³/mol. The summed E-state index contributed by atoms with van der Waals surface area (Å²) in [5.74, 6) is 1.67. The van der Waals surface area contributed by atoms with Crippen LogP contribution in [0.5, 0.6) is 0 Å². The van der Waals surface area contributed by atoms with Gasteiger partial charge >= 0.3 is 0 Å². The minimum atomic E-state index is 0.822. The molecule has 0 atom stereocenters. The maximum Gasteiger partial charge on any atom is 0.195 e. The summed E-state index contributed by atoms with van der Waals surface area (Å²) in [6, 6.07) is 16.3. The maximum atomic E-state index is 4.35. The average molecular weight is 335 g/mol. The first kappa shape index (κ1) is 15.3. The number of benzene rings is 2. The Hall–Kier alpha value is -3.22. The van der Waals surface area contributed by atoms with E-state index in [1.807, 2.05) is 42.5 Å². The quantitative estimate of drug-likeness (QED) is 0.591. The van der Waals surface area contributed by atoms with E-state index in [0.717, 1.165) is 60.8 Å². The van der Waals surface area contributed by atoms with Crippen LogP contribution in [-0.4, -0.2) is 38.1 Å². The highest BCUT2D eigenvalue weighted by molar-refractivity contribution is 5.95. The minimum Gasteiger partial charge on any atom is -0.355 e. The summed E-state index contributed by atoms with van der Waals surface area (Å²) in [5.41, 5.74) is 4.06. The van der Waals surface area contributed by atoms with E-state index >= 15 is 0 Å². The summed E-state index contributed by atoms with van der Waals surface area (Å²) in [6.45, 7) is 3.44. The number of nitrogens with zero attached hydrogens (tertiary/aromatic N) is 2. The van der Waals surface area contributed by atoms with Crippen molar-refractivity contribution in [3.05, 3.63) is 48.5 Å². The second-order valence-electron chi connectivity index (χ2n) is 5.85. The topological polar surface area (TPSA) is 84.9 Å². The van der Waals surface area contributed by atoms with Crippen molar-refractivity contribution in [2.45, 2.75) is 0 Å². The van der Waals surface area contributed by atoms with Gasteiger partial charge in [0.1, 0.15) is 0 Å². The molecule has 4 rings (SSSR count). The molecule has 0 unspecified atom stereocenters. The standard InChI is InChI=1S/C18H21N7/c1-2-15(12-16(3-1)25-18-21-10-11-22-18)23-13-4-6-14(7-5-13)24-17-19-8-9-20-17/h1-7,12,23H,8-11H2,(H2,19,20,24)(H2,21,22,25). The van der Waals surface area contributed by atoms with Crippen LogP contribution in [0.4, 0.5) is 22.7 Å². The Labute approximate surface area is 146 Å². The van der Waals surface area contributed by atoms with Gasteiger partial charge in [0, 0.05) is 35.8 Å². The van der Waals surface area contributed by atoms with Crippen LogP contribution in [0.2, 0.25) is 0 Å². The summed E-state index contributed by atoms with van der Waals surface area (Å²) in [5, 5.41) is 16.4. The van der Waals surface area contributed by atoms with E-state index in [1.54, 1.807) is 0 Å². The van der Waals surface area contributed by atoms with Gasteiger partial charge in [-0.25, -0.2) is 0 Å². The predicted octanol–water partition coefficient (Wildman–Crippen LogP) is 2.17. The SMILES string of the molecule is c1cc(NC2=NCCN2)cc(Nc2ccc(NC3=NCCN3)cc2)c1. The molecule has 0 saturated carbocycles. The van der Waals surface area contributed by atoms with Crippen LogP contribution in [-0.2, 0) is 0 Å². The fourth-order valence-corrected chi connectivity index (χ4v) is 2.71. The average Bonchev–Trinajstić information content (AvgIpc) is 3.31. The third-order valence-corrected chi connectivity index (χ3v) is 3.91. The number of anilines is 4. The van der Waals surface area contributed by atoms with Crippen LogP contribution in [0.3, 0.4) is 0 Å². The molecule has 7 heteroatoms. The Bertz CT molecular complexity index is 795. The van der Waals surface area contributed by atoms with Gasteiger partial charge in [0.15, 0.2) is 11.9 Å². The summed E-state index contributed by atoms with van der Waals surface area (Å²) < 4.78 is 0. The van der Waals surface area contributed by atoms with E-state index < -0.39 is 0 Å². The van der Waals surface area contributed by atoms with E-state index in [4.69, 9.17) is 0 Å². The highest BCUT2D eigenvalue weighted by atomic mass is 15.2. The summed E-state index contributed by atoms with van der Waals surface area (Å²) >= 11 is 0. The largest absolute Gasteiger partial charge is 0.355 e. The van der Waals surface area contributed by atoms with Crippen LogP contribution in [0.1, 0.15) is 0 Å². The molecule has 0 amide bonds. The lowest BCUT2D eigenvalue weighted by atomic mass is 10.2. The first-order chi connectivity index (χ1) is 12.3. The molecule has 2 aliphatic rings. The van der Waals surface area contributed by atoms with Crippen LogP contribution < -0.4 is 26.6 Å². The van der Waals surface area contributed by atoms with Gasteiger partial charge < -0.3 is 26.6 Å². The van der Waals surface area contributed by atoms with Crippen molar-refractivity contribution < 1.29 is 0 Å². The second-order valence-corrected chi connectivity index (χ2v) is 5.85. The van der Waals surface area contributed by atoms with Crippen LogP contribution in [0.25, 0.3) is 0 Å². The number of guanidine groups is 2. The second kappa shape index (κ2) is 7.12. The van der Waals surface area contributed by atoms with Crippen LogP contribution >= 0.6 is 0 Å². The highest BCUT2D eigenvalue weighted by Gasteiger charge is 2.06. The molecule has 2 aromatic rings. The molecule has 0 saturated heterocycles. The van der Waals surface area contributed by atoms with E-state index in [0.29, 0.717) is 0 Å². The molecular formula is C18H21N7. The number of rotatable bonds is 4. The third kappa shape index (κ3) is 4.00. The summed E-state index contributed by atoms with van der Waals surface area (Å²) in [4.78, 5) is 8.68. The molecule has 7 nitrogen and oxygen atoms in total. The van der Waals surface area contributed by atoms with Crippen molar-refractivity contribution in [2.24, 2.45) is 9.98 Å². The lowest BCUT2D eigenvalue weighted by Crippen LogP contribution is -2.26. The lowest BCUT2D eigenvalue weighted by molar-refractivity contribution is 0.959. The van der Waals surface area contributed by atoms with Crippen molar-refractivity contribution in [3.8, 4) is 0 Å². The molecular weight excluding hydrogens is 314 g/mol. The van der Waals surface area contributed by atoms with Crippen molar-refractivity contribution in [1.82, 2.24) is 10.6 Å². The maximum absolute atomic E-state index is 4.35. The fraction of sp³-hybridized carbons (Fsp3) is 0.222. The van der Waals surface area contributed by atoms with Gasteiger partial charge in [-0.15, -0.1) is 0 Å². The van der Waals surface area contributed by atoms with Crippen LogP contribution in [0, 0.1) is 0 Å². The fourth-order valence-electron chi connectivity index (χ4n) is 2.71. The Balaban J connectivity index is 1.39. The molecule has 0 spiro atoms. The Morgan fingerprint density at radius 1 is 0.640 bits per heavy atom. The third-order valence-electron chi connectivity index (χ3n) is 3.91. The first-order valence-electron chi connectivity index (χ1n) is 8.43. The molecule has 2 aliphatic heterocycles. The van der Waals surface area contributed by atoms with Gasteiger partial charge in [-0.2, -0.15) is 0 Å².